The molecule has 1 fully saturated rings. The van der Waals surface area contributed by atoms with Crippen LogP contribution in [0.4, 0.5) is 0 Å². The molecule has 0 aromatic carbocycles. The van der Waals surface area contributed by atoms with Gasteiger partial charge in [-0.1, -0.05) is 36.8 Å². The zero-order valence-electron chi connectivity index (χ0n) is 8.29. The minimum absolute atomic E-state index is 0.237. The number of rotatable bonds is 0. The van der Waals surface area contributed by atoms with Crippen molar-refractivity contribution in [2.24, 2.45) is 5.41 Å². The molecule has 1 N–H and O–H groups in total. The maximum absolute atomic E-state index is 7.84. The standard InChI is InChI=1S/C8H16N2S3/c1-8(2)4-10(7(11)12-3)6-13(9)5-8/h9H,4-6H2,1-3H3. The van der Waals surface area contributed by atoms with Crippen LogP contribution in [0, 0.1) is 10.2 Å². The molecule has 1 unspecified atom stereocenters. The Morgan fingerprint density at radius 2 is 2.23 bits per heavy atom. The maximum atomic E-state index is 7.84. The summed E-state index contributed by atoms with van der Waals surface area (Å²) in [6, 6.07) is 0. The molecule has 76 valence electrons. The van der Waals surface area contributed by atoms with Gasteiger partial charge in [0.1, 0.15) is 4.32 Å². The van der Waals surface area contributed by atoms with Crippen LogP contribution in [0.1, 0.15) is 13.8 Å². The van der Waals surface area contributed by atoms with Gasteiger partial charge in [0.15, 0.2) is 0 Å². The highest BCUT2D eigenvalue weighted by atomic mass is 32.2. The van der Waals surface area contributed by atoms with Crippen molar-refractivity contribution in [1.82, 2.24) is 4.90 Å². The van der Waals surface area contributed by atoms with Crippen LogP contribution in [0.25, 0.3) is 0 Å². The van der Waals surface area contributed by atoms with E-state index in [2.05, 4.69) is 18.7 Å². The highest BCUT2D eigenvalue weighted by molar-refractivity contribution is 8.22. The van der Waals surface area contributed by atoms with E-state index < -0.39 is 0 Å². The summed E-state index contributed by atoms with van der Waals surface area (Å²) in [6.45, 7) is 5.45. The summed E-state index contributed by atoms with van der Waals surface area (Å²) in [5.41, 5.74) is 0.253. The molecule has 0 radical (unpaired) electrons. The van der Waals surface area contributed by atoms with Gasteiger partial charge in [-0.3, -0.25) is 4.78 Å². The molecule has 1 atom stereocenters. The first-order valence-electron chi connectivity index (χ1n) is 4.16. The lowest BCUT2D eigenvalue weighted by molar-refractivity contribution is 0.295. The van der Waals surface area contributed by atoms with Gasteiger partial charge < -0.3 is 4.90 Å². The van der Waals surface area contributed by atoms with Gasteiger partial charge >= 0.3 is 0 Å². The molecular weight excluding hydrogens is 220 g/mol. The molecular formula is C8H16N2S3. The summed E-state index contributed by atoms with van der Waals surface area (Å²) in [7, 11) is -0.237. The smallest absolute Gasteiger partial charge is 0.136 e. The second-order valence-corrected chi connectivity index (χ2v) is 7.07. The molecule has 2 nitrogen and oxygen atoms in total. The van der Waals surface area contributed by atoms with E-state index in [-0.39, 0.29) is 16.1 Å². The predicted octanol–water partition coefficient (Wildman–Crippen LogP) is 2.31. The number of thiocarbonyl (C=S) groups is 1. The third-order valence-electron chi connectivity index (χ3n) is 1.93. The highest BCUT2D eigenvalue weighted by Gasteiger charge is 2.29. The second-order valence-electron chi connectivity index (χ2n) is 4.10. The van der Waals surface area contributed by atoms with Gasteiger partial charge in [0.25, 0.3) is 0 Å². The van der Waals surface area contributed by atoms with E-state index in [0.29, 0.717) is 0 Å². The largest absolute Gasteiger partial charge is 0.347 e. The van der Waals surface area contributed by atoms with Crippen LogP contribution < -0.4 is 0 Å². The van der Waals surface area contributed by atoms with Crippen LogP contribution >= 0.6 is 24.0 Å². The van der Waals surface area contributed by atoms with Gasteiger partial charge in [0.05, 0.1) is 5.88 Å². The Kier molecular flexibility index (Phi) is 3.77. The molecule has 0 saturated carbocycles. The van der Waals surface area contributed by atoms with Crippen molar-refractivity contribution < 1.29 is 0 Å². The molecule has 0 bridgehead atoms. The minimum Gasteiger partial charge on any atom is -0.347 e. The fraction of sp³-hybridized carbons (Fsp3) is 0.875. The van der Waals surface area contributed by atoms with E-state index in [0.717, 1.165) is 22.5 Å². The number of thioether (sulfide) groups is 1. The van der Waals surface area contributed by atoms with Crippen molar-refractivity contribution in [2.75, 3.05) is 24.4 Å². The van der Waals surface area contributed by atoms with Crippen molar-refractivity contribution >= 4 is 39.0 Å². The third kappa shape index (κ3) is 3.22. The average molecular weight is 236 g/mol. The Morgan fingerprint density at radius 3 is 2.69 bits per heavy atom. The lowest BCUT2D eigenvalue weighted by atomic mass is 9.96. The second kappa shape index (κ2) is 4.28. The highest BCUT2D eigenvalue weighted by Crippen LogP contribution is 2.25. The lowest BCUT2D eigenvalue weighted by Crippen LogP contribution is -2.46. The topological polar surface area (TPSA) is 27.1 Å². The molecule has 0 aromatic rings. The Morgan fingerprint density at radius 1 is 1.62 bits per heavy atom. The molecule has 13 heavy (non-hydrogen) atoms. The normalized spacial score (nSPS) is 27.3. The summed E-state index contributed by atoms with van der Waals surface area (Å²) in [5, 5.41) is 0. The summed E-state index contributed by atoms with van der Waals surface area (Å²) < 4.78 is 8.79. The molecule has 0 aliphatic carbocycles. The fourth-order valence-corrected chi connectivity index (χ4v) is 3.96. The number of hydrogen-bond acceptors (Lipinski definition) is 3. The van der Waals surface area contributed by atoms with E-state index in [1.165, 1.54) is 0 Å². The molecule has 0 spiro atoms. The van der Waals surface area contributed by atoms with Gasteiger partial charge in [-0.05, 0) is 11.7 Å². The average Bonchev–Trinajstić information content (AvgIpc) is 1.99. The first kappa shape index (κ1) is 11.5. The quantitative estimate of drug-likeness (QED) is 0.654. The van der Waals surface area contributed by atoms with E-state index in [4.69, 9.17) is 17.0 Å². The summed E-state index contributed by atoms with van der Waals surface area (Å²) in [5.74, 6) is 1.85. The van der Waals surface area contributed by atoms with E-state index in [9.17, 15) is 0 Å². The molecule has 1 aliphatic heterocycles. The maximum Gasteiger partial charge on any atom is 0.136 e. The Bertz CT molecular complexity index is 238. The van der Waals surface area contributed by atoms with Crippen LogP contribution in [-0.2, 0) is 10.7 Å². The third-order valence-corrected chi connectivity index (χ3v) is 5.05. The van der Waals surface area contributed by atoms with Gasteiger partial charge in [0, 0.05) is 12.3 Å². The fourth-order valence-electron chi connectivity index (χ4n) is 1.56. The van der Waals surface area contributed by atoms with Crippen molar-refractivity contribution in [2.45, 2.75) is 13.8 Å². The molecule has 5 heteroatoms. The molecule has 1 aliphatic rings. The molecule has 1 saturated heterocycles. The van der Waals surface area contributed by atoms with Crippen LogP contribution in [-0.4, -0.2) is 33.7 Å². The molecule has 1 rings (SSSR count). The van der Waals surface area contributed by atoms with E-state index in [1.54, 1.807) is 11.8 Å². The van der Waals surface area contributed by atoms with Gasteiger partial charge in [-0.25, -0.2) is 0 Å². The summed E-state index contributed by atoms with van der Waals surface area (Å²) in [6.07, 6.45) is 2.01. The number of nitrogens with one attached hydrogen (secondary N) is 1. The Labute approximate surface area is 92.3 Å². The van der Waals surface area contributed by atoms with Crippen LogP contribution in [0.5, 0.6) is 0 Å². The predicted molar refractivity (Wildman–Crippen MR) is 66.4 cm³/mol. The lowest BCUT2D eigenvalue weighted by Gasteiger charge is -2.39. The van der Waals surface area contributed by atoms with E-state index in [1.807, 2.05) is 6.26 Å². The number of nitrogens with zero attached hydrogens (tertiary/aromatic N) is 1. The van der Waals surface area contributed by atoms with Crippen molar-refractivity contribution in [3.05, 3.63) is 0 Å². The van der Waals surface area contributed by atoms with Crippen molar-refractivity contribution in [3.63, 3.8) is 0 Å². The Balaban J connectivity index is 2.68. The van der Waals surface area contributed by atoms with Crippen molar-refractivity contribution in [3.8, 4) is 0 Å². The van der Waals surface area contributed by atoms with Crippen LogP contribution in [0.15, 0.2) is 0 Å². The van der Waals surface area contributed by atoms with Crippen LogP contribution in [0.3, 0.4) is 0 Å². The van der Waals surface area contributed by atoms with E-state index >= 15 is 0 Å². The molecule has 0 aromatic heterocycles. The van der Waals surface area contributed by atoms with Crippen molar-refractivity contribution in [1.29, 1.82) is 4.78 Å². The van der Waals surface area contributed by atoms with Gasteiger partial charge in [-0.2, -0.15) is 0 Å². The zero-order valence-corrected chi connectivity index (χ0v) is 10.7. The monoisotopic (exact) mass is 236 g/mol. The molecule has 0 amide bonds. The first-order chi connectivity index (χ1) is 5.94. The zero-order chi connectivity index (χ0) is 10.1. The van der Waals surface area contributed by atoms with Crippen LogP contribution in [0.2, 0.25) is 0 Å². The Hall–Kier alpha value is 0.390. The van der Waals surface area contributed by atoms with Gasteiger partial charge in [0.2, 0.25) is 0 Å². The SMILES string of the molecule is CSC(=S)N1CS(=N)CC(C)(C)C1. The summed E-state index contributed by atoms with van der Waals surface area (Å²) >= 11 is 6.85. The first-order valence-corrected chi connectivity index (χ1v) is 7.36. The number of hydrogen-bond donors (Lipinski definition) is 1. The summed E-state index contributed by atoms with van der Waals surface area (Å²) in [4.78, 5) is 2.18. The minimum atomic E-state index is -0.237. The molecule has 1 heterocycles. The van der Waals surface area contributed by atoms with Gasteiger partial charge in [-0.15, -0.1) is 11.8 Å².